The van der Waals surface area contributed by atoms with Gasteiger partial charge in [-0.1, -0.05) is 11.3 Å². The van der Waals surface area contributed by atoms with Crippen molar-refractivity contribution in [3.05, 3.63) is 18.6 Å². The van der Waals surface area contributed by atoms with E-state index >= 15 is 0 Å². The van der Waals surface area contributed by atoms with Gasteiger partial charge in [-0.3, -0.25) is 4.68 Å². The van der Waals surface area contributed by atoms with Crippen LogP contribution in [-0.4, -0.2) is 37.5 Å². The van der Waals surface area contributed by atoms with Crippen molar-refractivity contribution in [2.45, 2.75) is 18.9 Å². The molecule has 3 aromatic rings. The first kappa shape index (κ1) is 11.0. The molecule has 0 unspecified atom stereocenters. The molecule has 1 aliphatic carbocycles. The molecule has 0 saturated heterocycles. The van der Waals surface area contributed by atoms with E-state index in [1.807, 2.05) is 30.2 Å². The zero-order chi connectivity index (χ0) is 13.0. The van der Waals surface area contributed by atoms with E-state index < -0.39 is 0 Å². The van der Waals surface area contributed by atoms with E-state index in [0.29, 0.717) is 6.04 Å². The molecule has 19 heavy (non-hydrogen) atoms. The molecular weight excluding hydrogens is 260 g/mol. The number of anilines is 1. The van der Waals surface area contributed by atoms with Crippen LogP contribution in [0.1, 0.15) is 12.8 Å². The van der Waals surface area contributed by atoms with Crippen molar-refractivity contribution in [1.82, 2.24) is 24.4 Å². The van der Waals surface area contributed by atoms with E-state index in [1.165, 1.54) is 12.8 Å². The number of rotatable bonds is 3. The summed E-state index contributed by atoms with van der Waals surface area (Å²) in [4.78, 5) is 7.63. The number of imidazole rings is 1. The molecule has 98 valence electrons. The third kappa shape index (κ3) is 1.73. The average Bonchev–Trinajstić information content (AvgIpc) is 2.82. The van der Waals surface area contributed by atoms with Crippen molar-refractivity contribution in [3.8, 4) is 11.3 Å². The van der Waals surface area contributed by atoms with Gasteiger partial charge in [0.1, 0.15) is 0 Å². The van der Waals surface area contributed by atoms with Gasteiger partial charge in [-0.05, 0) is 12.8 Å². The molecule has 1 aliphatic rings. The van der Waals surface area contributed by atoms with Crippen LogP contribution in [0.3, 0.4) is 0 Å². The highest BCUT2D eigenvalue weighted by atomic mass is 32.1. The Morgan fingerprint density at radius 2 is 2.21 bits per heavy atom. The van der Waals surface area contributed by atoms with Crippen LogP contribution in [-0.2, 0) is 7.05 Å². The Hall–Kier alpha value is -1.89. The van der Waals surface area contributed by atoms with Gasteiger partial charge in [0.15, 0.2) is 0 Å². The van der Waals surface area contributed by atoms with Crippen LogP contribution in [0.4, 0.5) is 5.13 Å². The minimum absolute atomic E-state index is 0.665. The van der Waals surface area contributed by atoms with Gasteiger partial charge < -0.3 is 4.90 Å². The van der Waals surface area contributed by atoms with Gasteiger partial charge in [-0.2, -0.15) is 5.10 Å². The summed E-state index contributed by atoms with van der Waals surface area (Å²) in [6.45, 7) is 0. The molecule has 1 fully saturated rings. The van der Waals surface area contributed by atoms with Crippen molar-refractivity contribution in [2.24, 2.45) is 7.05 Å². The molecular formula is C12H14N6S. The lowest BCUT2D eigenvalue weighted by molar-refractivity contribution is 0.768. The smallest absolute Gasteiger partial charge is 0.214 e. The van der Waals surface area contributed by atoms with Crippen LogP contribution in [0.25, 0.3) is 16.2 Å². The van der Waals surface area contributed by atoms with Crippen molar-refractivity contribution in [2.75, 3.05) is 11.9 Å². The molecule has 0 aliphatic heterocycles. The van der Waals surface area contributed by atoms with Crippen LogP contribution < -0.4 is 4.90 Å². The highest BCUT2D eigenvalue weighted by Crippen LogP contribution is 2.33. The van der Waals surface area contributed by atoms with E-state index in [4.69, 9.17) is 0 Å². The molecule has 6 nitrogen and oxygen atoms in total. The third-order valence-electron chi connectivity index (χ3n) is 3.47. The SMILES string of the molecule is CN(c1nn2c(-c3cnn(C)c3)cnc2s1)C1CC1. The quantitative estimate of drug-likeness (QED) is 0.730. The number of nitrogens with zero attached hydrogens (tertiary/aromatic N) is 6. The Morgan fingerprint density at radius 3 is 2.89 bits per heavy atom. The standard InChI is InChI=1S/C12H14N6S/c1-16-7-8(5-14-16)10-6-13-11-18(10)15-12(19-11)17(2)9-3-4-9/h5-7,9H,3-4H2,1-2H3. The van der Waals surface area contributed by atoms with Crippen molar-refractivity contribution in [1.29, 1.82) is 0 Å². The van der Waals surface area contributed by atoms with E-state index in [-0.39, 0.29) is 0 Å². The fourth-order valence-electron chi connectivity index (χ4n) is 2.19. The fourth-order valence-corrected chi connectivity index (χ4v) is 3.10. The number of aryl methyl sites for hydroxylation is 1. The topological polar surface area (TPSA) is 51.3 Å². The second kappa shape index (κ2) is 3.80. The number of aromatic nitrogens is 5. The van der Waals surface area contributed by atoms with Crippen LogP contribution in [0.2, 0.25) is 0 Å². The maximum Gasteiger partial charge on any atom is 0.214 e. The number of hydrogen-bond donors (Lipinski definition) is 0. The summed E-state index contributed by atoms with van der Waals surface area (Å²) in [7, 11) is 4.02. The number of fused-ring (bicyclic) bond motifs is 1. The zero-order valence-corrected chi connectivity index (χ0v) is 11.6. The molecule has 0 aromatic carbocycles. The van der Waals surface area contributed by atoms with E-state index in [2.05, 4.69) is 27.1 Å². The highest BCUT2D eigenvalue weighted by Gasteiger charge is 2.28. The Labute approximate surface area is 114 Å². The van der Waals surface area contributed by atoms with Crippen LogP contribution in [0.15, 0.2) is 18.6 Å². The van der Waals surface area contributed by atoms with E-state index in [1.54, 1.807) is 16.0 Å². The molecule has 3 aromatic heterocycles. The summed E-state index contributed by atoms with van der Waals surface area (Å²) in [5.41, 5.74) is 2.04. The molecule has 7 heteroatoms. The summed E-state index contributed by atoms with van der Waals surface area (Å²) in [6, 6.07) is 0.665. The van der Waals surface area contributed by atoms with E-state index in [9.17, 15) is 0 Å². The molecule has 0 amide bonds. The first-order valence-corrected chi connectivity index (χ1v) is 7.10. The van der Waals surface area contributed by atoms with Gasteiger partial charge in [0.2, 0.25) is 10.1 Å². The normalized spacial score (nSPS) is 15.3. The Kier molecular flexibility index (Phi) is 2.20. The summed E-state index contributed by atoms with van der Waals surface area (Å²) in [6.07, 6.45) is 8.22. The largest absolute Gasteiger partial charge is 0.347 e. The molecule has 1 saturated carbocycles. The average molecular weight is 274 g/mol. The second-order valence-corrected chi connectivity index (χ2v) is 5.90. The molecule has 4 rings (SSSR count). The van der Waals surface area contributed by atoms with E-state index in [0.717, 1.165) is 21.3 Å². The second-order valence-electron chi connectivity index (χ2n) is 4.97. The lowest BCUT2D eigenvalue weighted by Crippen LogP contribution is -2.19. The van der Waals surface area contributed by atoms with Gasteiger partial charge >= 0.3 is 0 Å². The number of hydrogen-bond acceptors (Lipinski definition) is 5. The van der Waals surface area contributed by atoms with Crippen molar-refractivity contribution in [3.63, 3.8) is 0 Å². The third-order valence-corrected chi connectivity index (χ3v) is 4.48. The highest BCUT2D eigenvalue weighted by molar-refractivity contribution is 7.20. The van der Waals surface area contributed by atoms with Crippen LogP contribution >= 0.6 is 11.3 Å². The lowest BCUT2D eigenvalue weighted by Gasteiger charge is -2.12. The minimum atomic E-state index is 0.665. The summed E-state index contributed by atoms with van der Waals surface area (Å²) < 4.78 is 3.70. The molecule has 0 radical (unpaired) electrons. The Bertz CT molecular complexity index is 734. The maximum atomic E-state index is 4.68. The lowest BCUT2D eigenvalue weighted by atomic mass is 10.3. The van der Waals surface area contributed by atoms with Gasteiger partial charge in [-0.15, -0.1) is 5.10 Å². The first-order chi connectivity index (χ1) is 9.22. The Balaban J connectivity index is 1.79. The van der Waals surface area contributed by atoms with Gasteiger partial charge in [-0.25, -0.2) is 9.50 Å². The van der Waals surface area contributed by atoms with Gasteiger partial charge in [0, 0.05) is 31.9 Å². The van der Waals surface area contributed by atoms with Gasteiger partial charge in [0.05, 0.1) is 18.1 Å². The molecule has 3 heterocycles. The maximum absolute atomic E-state index is 4.68. The predicted octanol–water partition coefficient (Wildman–Crippen LogP) is 1.79. The van der Waals surface area contributed by atoms with Crippen LogP contribution in [0.5, 0.6) is 0 Å². The summed E-state index contributed by atoms with van der Waals surface area (Å²) in [5.74, 6) is 0. The summed E-state index contributed by atoms with van der Waals surface area (Å²) in [5, 5.41) is 9.92. The Morgan fingerprint density at radius 1 is 1.37 bits per heavy atom. The predicted molar refractivity (Wildman–Crippen MR) is 74.5 cm³/mol. The van der Waals surface area contributed by atoms with Crippen molar-refractivity contribution >= 4 is 21.4 Å². The van der Waals surface area contributed by atoms with Gasteiger partial charge in [0.25, 0.3) is 0 Å². The van der Waals surface area contributed by atoms with Crippen LogP contribution in [0, 0.1) is 0 Å². The molecule has 0 N–H and O–H groups in total. The monoisotopic (exact) mass is 274 g/mol. The molecule has 0 atom stereocenters. The van der Waals surface area contributed by atoms with Crippen molar-refractivity contribution < 1.29 is 0 Å². The molecule has 0 bridgehead atoms. The minimum Gasteiger partial charge on any atom is -0.347 e. The first-order valence-electron chi connectivity index (χ1n) is 6.29. The molecule has 0 spiro atoms. The zero-order valence-electron chi connectivity index (χ0n) is 10.8. The fraction of sp³-hybridized carbons (Fsp3) is 0.417. The summed E-state index contributed by atoms with van der Waals surface area (Å²) >= 11 is 1.64.